The van der Waals surface area contributed by atoms with E-state index in [0.29, 0.717) is 11.4 Å². The van der Waals surface area contributed by atoms with Gasteiger partial charge in [-0.1, -0.05) is 9.59 Å². The van der Waals surface area contributed by atoms with Crippen molar-refractivity contribution in [2.45, 2.75) is 18.7 Å². The maximum Gasteiger partial charge on any atom is 0.267 e. The molecule has 0 saturated heterocycles. The van der Waals surface area contributed by atoms with E-state index >= 15 is 0 Å². The van der Waals surface area contributed by atoms with E-state index in [9.17, 15) is 8.42 Å². The van der Waals surface area contributed by atoms with Crippen molar-refractivity contribution >= 4 is 26.7 Å². The Morgan fingerprint density at radius 3 is 2.62 bits per heavy atom. The molecule has 2 aromatic heterocycles. The molecule has 16 heavy (non-hydrogen) atoms. The number of rotatable bonds is 3. The molecule has 2 heterocycles. The van der Waals surface area contributed by atoms with Crippen LogP contribution < -0.4 is 4.72 Å². The Labute approximate surface area is 95.3 Å². The summed E-state index contributed by atoms with van der Waals surface area (Å²) in [5.41, 5.74) is 0.880. The second kappa shape index (κ2) is 3.79. The fourth-order valence-electron chi connectivity index (χ4n) is 1.28. The topological polar surface area (TPSA) is 114 Å². The van der Waals surface area contributed by atoms with Gasteiger partial charge in [-0.15, -0.1) is 0 Å². The average molecular weight is 260 g/mol. The molecule has 0 aliphatic heterocycles. The third kappa shape index (κ3) is 1.88. The van der Waals surface area contributed by atoms with Crippen molar-refractivity contribution in [1.29, 1.82) is 0 Å². The Hall–Kier alpha value is -1.55. The minimum absolute atomic E-state index is 0.125. The largest absolute Gasteiger partial charge is 0.281 e. The first-order valence-corrected chi connectivity index (χ1v) is 6.46. The first-order chi connectivity index (χ1) is 7.50. The van der Waals surface area contributed by atoms with Gasteiger partial charge in [-0.3, -0.25) is 9.82 Å². The van der Waals surface area contributed by atoms with Crippen LogP contribution in [0, 0.1) is 13.8 Å². The molecule has 0 fully saturated rings. The lowest BCUT2D eigenvalue weighted by molar-refractivity contribution is 0.600. The van der Waals surface area contributed by atoms with Crippen molar-refractivity contribution in [1.82, 2.24) is 25.0 Å². The summed E-state index contributed by atoms with van der Waals surface area (Å²) in [4.78, 5) is 0.128. The molecule has 0 unspecified atom stereocenters. The number of sulfonamides is 1. The summed E-state index contributed by atoms with van der Waals surface area (Å²) in [6.07, 6.45) is 0. The van der Waals surface area contributed by atoms with Gasteiger partial charge in [0.05, 0.1) is 11.4 Å². The minimum atomic E-state index is -3.68. The molecule has 0 aliphatic rings. The molecule has 8 nitrogen and oxygen atoms in total. The molecule has 0 aliphatic carbocycles. The van der Waals surface area contributed by atoms with E-state index in [2.05, 4.69) is 29.7 Å². The van der Waals surface area contributed by atoms with Crippen LogP contribution in [-0.4, -0.2) is 33.4 Å². The van der Waals surface area contributed by atoms with Gasteiger partial charge in [0.2, 0.25) is 5.13 Å². The predicted octanol–water partition coefficient (Wildman–Crippen LogP) is 0.0738. The van der Waals surface area contributed by atoms with Crippen LogP contribution in [0.1, 0.15) is 11.4 Å². The summed E-state index contributed by atoms with van der Waals surface area (Å²) in [6, 6.07) is 0. The molecule has 0 atom stereocenters. The average Bonchev–Trinajstić information content (AvgIpc) is 2.76. The first kappa shape index (κ1) is 11.0. The molecule has 0 amide bonds. The van der Waals surface area contributed by atoms with Crippen molar-refractivity contribution in [3.8, 4) is 0 Å². The fourth-order valence-corrected chi connectivity index (χ4v) is 3.23. The normalized spacial score (nSPS) is 11.6. The van der Waals surface area contributed by atoms with Gasteiger partial charge < -0.3 is 0 Å². The summed E-state index contributed by atoms with van der Waals surface area (Å²) < 4.78 is 29.6. The van der Waals surface area contributed by atoms with Gasteiger partial charge in [0.1, 0.15) is 4.90 Å². The van der Waals surface area contributed by atoms with E-state index < -0.39 is 10.0 Å². The predicted molar refractivity (Wildman–Crippen MR) is 56.6 cm³/mol. The smallest absolute Gasteiger partial charge is 0.267 e. The number of anilines is 1. The van der Waals surface area contributed by atoms with E-state index in [1.54, 1.807) is 13.8 Å². The van der Waals surface area contributed by atoms with E-state index in [1.807, 2.05) is 0 Å². The summed E-state index contributed by atoms with van der Waals surface area (Å²) in [5.74, 6) is 0. The van der Waals surface area contributed by atoms with Crippen LogP contribution in [0.2, 0.25) is 0 Å². The first-order valence-electron chi connectivity index (χ1n) is 4.20. The van der Waals surface area contributed by atoms with Crippen LogP contribution >= 0.6 is 11.5 Å². The van der Waals surface area contributed by atoms with Crippen molar-refractivity contribution in [2.24, 2.45) is 0 Å². The highest BCUT2D eigenvalue weighted by molar-refractivity contribution is 7.93. The lowest BCUT2D eigenvalue weighted by Crippen LogP contribution is -2.14. The van der Waals surface area contributed by atoms with Gasteiger partial charge in [-0.05, 0) is 19.1 Å². The van der Waals surface area contributed by atoms with Crippen LogP contribution in [0.3, 0.4) is 0 Å². The third-order valence-corrected chi connectivity index (χ3v) is 4.09. The number of aromatic amines is 1. The maximum absolute atomic E-state index is 11.9. The second-order valence-corrected chi connectivity index (χ2v) is 5.39. The van der Waals surface area contributed by atoms with E-state index in [0.717, 1.165) is 11.5 Å². The molecule has 0 bridgehead atoms. The molecule has 2 N–H and O–H groups in total. The van der Waals surface area contributed by atoms with Crippen molar-refractivity contribution in [2.75, 3.05) is 4.72 Å². The summed E-state index contributed by atoms with van der Waals surface area (Å²) in [7, 11) is -3.68. The highest BCUT2D eigenvalue weighted by Gasteiger charge is 2.23. The Morgan fingerprint density at radius 2 is 2.12 bits per heavy atom. The SMILES string of the molecule is Cc1n[nH]c(C)c1S(=O)(=O)Nc1nnns1. The van der Waals surface area contributed by atoms with E-state index in [1.165, 1.54) is 0 Å². The zero-order valence-electron chi connectivity index (χ0n) is 8.42. The zero-order valence-corrected chi connectivity index (χ0v) is 10.1. The number of nitrogens with one attached hydrogen (secondary N) is 2. The summed E-state index contributed by atoms with van der Waals surface area (Å²) in [6.45, 7) is 3.24. The second-order valence-electron chi connectivity index (χ2n) is 3.04. The summed E-state index contributed by atoms with van der Waals surface area (Å²) in [5, 5.41) is 13.4. The molecule has 2 rings (SSSR count). The van der Waals surface area contributed by atoms with Crippen LogP contribution in [0.25, 0.3) is 0 Å². The van der Waals surface area contributed by atoms with Gasteiger partial charge in [0, 0.05) is 11.5 Å². The molecule has 0 aromatic carbocycles. The number of hydrogen-bond donors (Lipinski definition) is 2. The lowest BCUT2D eigenvalue weighted by atomic mass is 10.4. The van der Waals surface area contributed by atoms with Gasteiger partial charge in [0.15, 0.2) is 0 Å². The quantitative estimate of drug-likeness (QED) is 0.807. The number of H-pyrrole nitrogens is 1. The molecular formula is C6H8N6O2S2. The standard InChI is InChI=1S/C6H8N6O2S2/c1-3-5(4(2)8-7-3)16(13,14)10-6-9-11-12-15-6/h1-2H3,(H,7,8)(H,9,10,12). The number of hydrogen-bond acceptors (Lipinski definition) is 7. The zero-order chi connectivity index (χ0) is 11.8. The molecule has 86 valence electrons. The number of aryl methyl sites for hydroxylation is 2. The molecule has 10 heteroatoms. The van der Waals surface area contributed by atoms with Crippen LogP contribution in [-0.2, 0) is 10.0 Å². The lowest BCUT2D eigenvalue weighted by Gasteiger charge is -2.03. The molecule has 0 saturated carbocycles. The number of aromatic nitrogens is 5. The molecule has 0 spiro atoms. The van der Waals surface area contributed by atoms with Crippen LogP contribution in [0.5, 0.6) is 0 Å². The van der Waals surface area contributed by atoms with Gasteiger partial charge in [-0.2, -0.15) is 5.10 Å². The van der Waals surface area contributed by atoms with Crippen molar-refractivity contribution < 1.29 is 8.42 Å². The maximum atomic E-state index is 11.9. The molecular weight excluding hydrogens is 252 g/mol. The fraction of sp³-hybridized carbons (Fsp3) is 0.333. The Kier molecular flexibility index (Phi) is 2.59. The highest BCUT2D eigenvalue weighted by atomic mass is 32.2. The van der Waals surface area contributed by atoms with Gasteiger partial charge in [0.25, 0.3) is 10.0 Å². The van der Waals surface area contributed by atoms with Crippen molar-refractivity contribution in [3.63, 3.8) is 0 Å². The number of nitrogens with zero attached hydrogens (tertiary/aromatic N) is 4. The van der Waals surface area contributed by atoms with E-state index in [4.69, 9.17) is 0 Å². The van der Waals surface area contributed by atoms with Crippen molar-refractivity contribution in [3.05, 3.63) is 11.4 Å². The van der Waals surface area contributed by atoms with Crippen LogP contribution in [0.15, 0.2) is 4.90 Å². The Bertz CT molecular complexity index is 567. The Balaban J connectivity index is 2.40. The molecule has 2 aromatic rings. The Morgan fingerprint density at radius 1 is 1.38 bits per heavy atom. The minimum Gasteiger partial charge on any atom is -0.281 e. The van der Waals surface area contributed by atoms with Gasteiger partial charge in [-0.25, -0.2) is 8.42 Å². The van der Waals surface area contributed by atoms with Crippen LogP contribution in [0.4, 0.5) is 5.13 Å². The third-order valence-electron chi connectivity index (χ3n) is 1.85. The molecule has 0 radical (unpaired) electrons. The van der Waals surface area contributed by atoms with Gasteiger partial charge >= 0.3 is 0 Å². The van der Waals surface area contributed by atoms with E-state index in [-0.39, 0.29) is 10.0 Å². The monoisotopic (exact) mass is 260 g/mol. The highest BCUT2D eigenvalue weighted by Crippen LogP contribution is 2.20. The summed E-state index contributed by atoms with van der Waals surface area (Å²) >= 11 is 0.866.